The average molecular weight is 412 g/mol. The molecule has 1 aliphatic heterocycles. The van der Waals surface area contributed by atoms with Gasteiger partial charge in [-0.15, -0.1) is 0 Å². The molecule has 1 aromatic heterocycles. The van der Waals surface area contributed by atoms with Gasteiger partial charge in [-0.25, -0.2) is 0 Å². The zero-order chi connectivity index (χ0) is 21.7. The summed E-state index contributed by atoms with van der Waals surface area (Å²) in [5.41, 5.74) is 2.57. The zero-order valence-electron chi connectivity index (χ0n) is 18.0. The lowest BCUT2D eigenvalue weighted by molar-refractivity contribution is -0.120. The van der Waals surface area contributed by atoms with Gasteiger partial charge < -0.3 is 20.0 Å². The van der Waals surface area contributed by atoms with Crippen molar-refractivity contribution in [2.75, 3.05) is 52.2 Å². The first-order valence-corrected chi connectivity index (χ1v) is 9.94. The van der Waals surface area contributed by atoms with Crippen LogP contribution in [0.5, 0.6) is 0 Å². The number of aliphatic imine (C=N–C) groups is 1. The van der Waals surface area contributed by atoms with Crippen molar-refractivity contribution in [2.45, 2.75) is 6.42 Å². The molecule has 2 aromatic rings. The average Bonchev–Trinajstić information content (AvgIpc) is 3.16. The number of carbonyl (C=O) groups is 2. The van der Waals surface area contributed by atoms with E-state index >= 15 is 0 Å². The Bertz CT molecular complexity index is 935. The summed E-state index contributed by atoms with van der Waals surface area (Å²) in [4.78, 5) is 34.4. The molecule has 0 aliphatic carbocycles. The molecule has 1 saturated heterocycles. The SMILES string of the molecule is CN=C(NCCc1cccc(C(=O)N(C)C)c1)N1CCN(c2cnn(C)c2)C(=O)C1. The molecule has 1 aromatic carbocycles. The fourth-order valence-corrected chi connectivity index (χ4v) is 3.44. The van der Waals surface area contributed by atoms with Crippen LogP contribution in [0.25, 0.3) is 0 Å². The molecule has 9 heteroatoms. The number of amides is 2. The highest BCUT2D eigenvalue weighted by Crippen LogP contribution is 2.16. The summed E-state index contributed by atoms with van der Waals surface area (Å²) < 4.78 is 1.69. The van der Waals surface area contributed by atoms with E-state index in [1.54, 1.807) is 41.8 Å². The third kappa shape index (κ3) is 4.97. The number of hydrogen-bond acceptors (Lipinski definition) is 4. The van der Waals surface area contributed by atoms with Crippen LogP contribution in [0.3, 0.4) is 0 Å². The number of anilines is 1. The topological polar surface area (TPSA) is 86.1 Å². The fourth-order valence-electron chi connectivity index (χ4n) is 3.44. The van der Waals surface area contributed by atoms with Crippen LogP contribution >= 0.6 is 0 Å². The number of aromatic nitrogens is 2. The largest absolute Gasteiger partial charge is 0.356 e. The molecule has 30 heavy (non-hydrogen) atoms. The van der Waals surface area contributed by atoms with E-state index in [1.165, 1.54) is 0 Å². The number of nitrogens with one attached hydrogen (secondary N) is 1. The summed E-state index contributed by atoms with van der Waals surface area (Å²) in [5, 5.41) is 7.47. The van der Waals surface area contributed by atoms with Crippen molar-refractivity contribution in [1.82, 2.24) is 24.9 Å². The van der Waals surface area contributed by atoms with Gasteiger partial charge >= 0.3 is 0 Å². The Hall–Kier alpha value is -3.36. The summed E-state index contributed by atoms with van der Waals surface area (Å²) in [5.74, 6) is 0.715. The Morgan fingerprint density at radius 2 is 2.10 bits per heavy atom. The molecule has 0 saturated carbocycles. The van der Waals surface area contributed by atoms with Gasteiger partial charge in [0.2, 0.25) is 5.91 Å². The molecule has 0 spiro atoms. The highest BCUT2D eigenvalue weighted by atomic mass is 16.2. The van der Waals surface area contributed by atoms with Crippen LogP contribution in [0.4, 0.5) is 5.69 Å². The van der Waals surface area contributed by atoms with Gasteiger partial charge in [0.1, 0.15) is 6.54 Å². The Morgan fingerprint density at radius 3 is 2.73 bits per heavy atom. The molecule has 2 heterocycles. The van der Waals surface area contributed by atoms with Crippen molar-refractivity contribution in [1.29, 1.82) is 0 Å². The molecule has 3 rings (SSSR count). The van der Waals surface area contributed by atoms with Gasteiger partial charge in [0, 0.05) is 59.6 Å². The van der Waals surface area contributed by atoms with Crippen LogP contribution < -0.4 is 10.2 Å². The Labute approximate surface area is 177 Å². The number of guanidine groups is 1. The minimum atomic E-state index is -0.00869. The van der Waals surface area contributed by atoms with Gasteiger partial charge in [-0.3, -0.25) is 19.3 Å². The molecule has 160 valence electrons. The maximum absolute atomic E-state index is 12.6. The molecule has 0 atom stereocenters. The first-order chi connectivity index (χ1) is 14.4. The maximum atomic E-state index is 12.6. The van der Waals surface area contributed by atoms with Crippen molar-refractivity contribution in [3.8, 4) is 0 Å². The molecule has 1 fully saturated rings. The van der Waals surface area contributed by atoms with Crippen molar-refractivity contribution >= 4 is 23.5 Å². The third-order valence-corrected chi connectivity index (χ3v) is 5.01. The smallest absolute Gasteiger partial charge is 0.253 e. The van der Waals surface area contributed by atoms with Crippen molar-refractivity contribution in [3.05, 3.63) is 47.8 Å². The van der Waals surface area contributed by atoms with Crippen molar-refractivity contribution in [2.24, 2.45) is 12.0 Å². The van der Waals surface area contributed by atoms with E-state index in [-0.39, 0.29) is 18.4 Å². The number of benzene rings is 1. The predicted molar refractivity (Wildman–Crippen MR) is 117 cm³/mol. The van der Waals surface area contributed by atoms with E-state index in [1.807, 2.05) is 42.4 Å². The predicted octanol–water partition coefficient (Wildman–Crippen LogP) is 0.589. The van der Waals surface area contributed by atoms with Crippen molar-refractivity contribution in [3.63, 3.8) is 0 Å². The van der Waals surface area contributed by atoms with E-state index in [0.717, 1.165) is 17.7 Å². The number of aryl methyl sites for hydroxylation is 1. The van der Waals surface area contributed by atoms with Crippen LogP contribution in [-0.4, -0.2) is 84.7 Å². The van der Waals surface area contributed by atoms with Gasteiger partial charge in [-0.2, -0.15) is 5.10 Å². The van der Waals surface area contributed by atoms with Gasteiger partial charge in [0.05, 0.1) is 11.9 Å². The summed E-state index contributed by atoms with van der Waals surface area (Å²) in [6, 6.07) is 7.65. The standard InChI is InChI=1S/C21H29N7O2/c1-22-21(23-9-8-16-6-5-7-17(12-16)20(30)25(2)3)27-10-11-28(19(29)15-27)18-13-24-26(4)14-18/h5-7,12-14H,8-11,15H2,1-4H3,(H,22,23). The number of hydrogen-bond donors (Lipinski definition) is 1. The first-order valence-electron chi connectivity index (χ1n) is 9.94. The molecule has 0 radical (unpaired) electrons. The normalized spacial score (nSPS) is 14.8. The Morgan fingerprint density at radius 1 is 1.30 bits per heavy atom. The minimum absolute atomic E-state index is 0.00869. The van der Waals surface area contributed by atoms with Gasteiger partial charge in [0.15, 0.2) is 5.96 Å². The fraction of sp³-hybridized carbons (Fsp3) is 0.429. The van der Waals surface area contributed by atoms with Gasteiger partial charge in [-0.05, 0) is 24.1 Å². The quantitative estimate of drug-likeness (QED) is 0.575. The van der Waals surface area contributed by atoms with Crippen LogP contribution in [0, 0.1) is 0 Å². The molecule has 9 nitrogen and oxygen atoms in total. The van der Waals surface area contributed by atoms with E-state index < -0.39 is 0 Å². The lowest BCUT2D eigenvalue weighted by Crippen LogP contribution is -2.55. The molecule has 0 unspecified atom stereocenters. The number of rotatable bonds is 5. The van der Waals surface area contributed by atoms with Gasteiger partial charge in [-0.1, -0.05) is 12.1 Å². The highest BCUT2D eigenvalue weighted by molar-refractivity contribution is 5.98. The monoisotopic (exact) mass is 411 g/mol. The second-order valence-corrected chi connectivity index (χ2v) is 7.46. The summed E-state index contributed by atoms with van der Waals surface area (Å²) >= 11 is 0. The van der Waals surface area contributed by atoms with Gasteiger partial charge in [0.25, 0.3) is 5.91 Å². The maximum Gasteiger partial charge on any atom is 0.253 e. The van der Waals surface area contributed by atoms with E-state index in [4.69, 9.17) is 0 Å². The van der Waals surface area contributed by atoms with Crippen LogP contribution in [-0.2, 0) is 18.3 Å². The molecular weight excluding hydrogens is 382 g/mol. The van der Waals surface area contributed by atoms with Crippen LogP contribution in [0.15, 0.2) is 41.7 Å². The second-order valence-electron chi connectivity index (χ2n) is 7.46. The highest BCUT2D eigenvalue weighted by Gasteiger charge is 2.27. The Kier molecular flexibility index (Phi) is 6.71. The number of piperazine rings is 1. The molecule has 2 amide bonds. The molecule has 1 aliphatic rings. The lowest BCUT2D eigenvalue weighted by atomic mass is 10.1. The molecule has 0 bridgehead atoms. The lowest BCUT2D eigenvalue weighted by Gasteiger charge is -2.35. The molecular formula is C21H29N7O2. The Balaban J connectivity index is 1.54. The van der Waals surface area contributed by atoms with Crippen molar-refractivity contribution < 1.29 is 9.59 Å². The minimum Gasteiger partial charge on any atom is -0.356 e. The number of nitrogens with zero attached hydrogens (tertiary/aromatic N) is 6. The zero-order valence-corrected chi connectivity index (χ0v) is 18.0. The third-order valence-electron chi connectivity index (χ3n) is 5.01. The van der Waals surface area contributed by atoms with E-state index in [2.05, 4.69) is 15.4 Å². The molecule has 1 N–H and O–H groups in total. The first kappa shape index (κ1) is 21.4. The van der Waals surface area contributed by atoms with E-state index in [9.17, 15) is 9.59 Å². The number of carbonyl (C=O) groups excluding carboxylic acids is 2. The summed E-state index contributed by atoms with van der Waals surface area (Å²) in [6.07, 6.45) is 4.29. The second kappa shape index (κ2) is 9.43. The van der Waals surface area contributed by atoms with Crippen LogP contribution in [0.1, 0.15) is 15.9 Å². The summed E-state index contributed by atoms with van der Waals surface area (Å²) in [6.45, 7) is 2.19. The summed E-state index contributed by atoms with van der Waals surface area (Å²) in [7, 11) is 7.05. The van der Waals surface area contributed by atoms with E-state index in [0.29, 0.717) is 31.2 Å². The van der Waals surface area contributed by atoms with Crippen LogP contribution in [0.2, 0.25) is 0 Å².